The van der Waals surface area contributed by atoms with Gasteiger partial charge in [-0.15, -0.1) is 0 Å². The molecule has 0 aliphatic carbocycles. The molecule has 0 heterocycles. The number of hydrogen-bond acceptors (Lipinski definition) is 4. The predicted molar refractivity (Wildman–Crippen MR) is 85.9 cm³/mol. The van der Waals surface area contributed by atoms with Gasteiger partial charge in [0.1, 0.15) is 5.78 Å². The van der Waals surface area contributed by atoms with Gasteiger partial charge in [0.25, 0.3) is 10.1 Å². The zero-order valence-corrected chi connectivity index (χ0v) is 14.3. The molecule has 0 radical (unpaired) electrons. The number of benzene rings is 1. The Labute approximate surface area is 128 Å². The molecule has 0 unspecified atom stereocenters. The fraction of sp³-hybridized carbons (Fsp3) is 0.533. The van der Waals surface area contributed by atoms with Crippen molar-refractivity contribution in [2.75, 3.05) is 0 Å². The molecule has 1 rings (SSSR count). The number of aryl methyl sites for hydroxylation is 1. The van der Waals surface area contributed by atoms with Crippen molar-refractivity contribution in [3.05, 3.63) is 29.8 Å². The largest absolute Gasteiger partial charge is 0.328 e. The van der Waals surface area contributed by atoms with E-state index in [-0.39, 0.29) is 10.7 Å². The number of nitrogens with two attached hydrogens (primary N) is 1. The van der Waals surface area contributed by atoms with Crippen LogP contribution in [-0.2, 0) is 14.9 Å². The summed E-state index contributed by atoms with van der Waals surface area (Å²) in [7, 11) is -4.02. The first-order valence-corrected chi connectivity index (χ1v) is 8.25. The summed E-state index contributed by atoms with van der Waals surface area (Å²) in [6, 6.07) is 6.42. The van der Waals surface area contributed by atoms with E-state index in [1.165, 1.54) is 26.0 Å². The lowest BCUT2D eigenvalue weighted by Gasteiger charge is -1.99. The Morgan fingerprint density at radius 3 is 1.67 bits per heavy atom. The Bertz CT molecular complexity index is 487. The fourth-order valence-corrected chi connectivity index (χ4v) is 1.48. The van der Waals surface area contributed by atoms with E-state index in [9.17, 15) is 13.2 Å². The molecule has 1 aromatic carbocycles. The Balaban J connectivity index is 0. The van der Waals surface area contributed by atoms with Crippen LogP contribution in [0.15, 0.2) is 29.2 Å². The first-order chi connectivity index (χ1) is 9.54. The summed E-state index contributed by atoms with van der Waals surface area (Å²) in [4.78, 5) is 9.38. The van der Waals surface area contributed by atoms with Crippen LogP contribution in [0.1, 0.15) is 46.1 Å². The van der Waals surface area contributed by atoms with Crippen molar-refractivity contribution >= 4 is 15.9 Å². The Kier molecular flexibility index (Phi) is 12.0. The SMILES string of the molecule is CC(C)=O.CCC(N)CC.Cc1ccc(S(=O)(=O)O)cc1. The number of carbonyl (C=O) groups is 1. The third-order valence-corrected chi connectivity index (χ3v) is 3.24. The van der Waals surface area contributed by atoms with Crippen LogP contribution in [0.4, 0.5) is 0 Å². The highest BCUT2D eigenvalue weighted by Crippen LogP contribution is 2.08. The van der Waals surface area contributed by atoms with Crippen LogP contribution in [0.3, 0.4) is 0 Å². The third kappa shape index (κ3) is 15.0. The molecule has 0 aliphatic rings. The molecule has 0 fully saturated rings. The summed E-state index contributed by atoms with van der Waals surface area (Å²) in [5.74, 6) is 0.167. The highest BCUT2D eigenvalue weighted by atomic mass is 32.2. The van der Waals surface area contributed by atoms with Crippen molar-refractivity contribution in [1.29, 1.82) is 0 Å². The molecule has 5 nitrogen and oxygen atoms in total. The fourth-order valence-electron chi connectivity index (χ4n) is 0.999. The number of hydrogen-bond donors (Lipinski definition) is 2. The second-order valence-electron chi connectivity index (χ2n) is 4.77. The van der Waals surface area contributed by atoms with Gasteiger partial charge in [-0.05, 0) is 45.7 Å². The van der Waals surface area contributed by atoms with Crippen LogP contribution in [0, 0.1) is 6.92 Å². The molecule has 1 aromatic rings. The minimum absolute atomic E-state index is 0.0666. The highest BCUT2D eigenvalue weighted by Gasteiger charge is 2.06. The molecule has 0 aliphatic heterocycles. The minimum atomic E-state index is -4.02. The van der Waals surface area contributed by atoms with Gasteiger partial charge < -0.3 is 10.5 Å². The van der Waals surface area contributed by atoms with Crippen molar-refractivity contribution in [1.82, 2.24) is 0 Å². The van der Waals surface area contributed by atoms with E-state index in [1.807, 2.05) is 6.92 Å². The van der Waals surface area contributed by atoms with Gasteiger partial charge in [-0.2, -0.15) is 8.42 Å². The molecule has 0 bridgehead atoms. The van der Waals surface area contributed by atoms with Crippen LogP contribution < -0.4 is 5.73 Å². The molecule has 21 heavy (non-hydrogen) atoms. The highest BCUT2D eigenvalue weighted by molar-refractivity contribution is 7.85. The van der Waals surface area contributed by atoms with Crippen molar-refractivity contribution < 1.29 is 17.8 Å². The number of Topliss-reactive ketones (excluding diaryl/α,β-unsaturated/α-hetero) is 1. The maximum atomic E-state index is 10.5. The second kappa shape index (κ2) is 11.4. The van der Waals surface area contributed by atoms with Crippen LogP contribution in [0.5, 0.6) is 0 Å². The normalized spacial score (nSPS) is 10.1. The van der Waals surface area contributed by atoms with E-state index < -0.39 is 10.1 Å². The molecule has 0 atom stereocenters. The molecule has 3 N–H and O–H groups in total. The van der Waals surface area contributed by atoms with Gasteiger partial charge in [0, 0.05) is 6.04 Å². The van der Waals surface area contributed by atoms with E-state index in [0.717, 1.165) is 18.4 Å². The molecule has 6 heteroatoms. The van der Waals surface area contributed by atoms with Gasteiger partial charge in [-0.3, -0.25) is 4.55 Å². The Morgan fingerprint density at radius 1 is 1.14 bits per heavy atom. The topological polar surface area (TPSA) is 97.5 Å². The van der Waals surface area contributed by atoms with Crippen molar-refractivity contribution in [3.63, 3.8) is 0 Å². The Hall–Kier alpha value is -1.24. The van der Waals surface area contributed by atoms with Crippen LogP contribution in [0.25, 0.3) is 0 Å². The number of ketones is 1. The standard InChI is InChI=1S/C7H8O3S.C5H13N.C3H6O/c1-6-2-4-7(5-3-6)11(8,9)10;1-3-5(6)4-2;1-3(2)4/h2-5H,1H3,(H,8,9,10);5H,3-4,6H2,1-2H3;1-2H3. The molecule has 122 valence electrons. The van der Waals surface area contributed by atoms with Crippen molar-refractivity contribution in [2.45, 2.75) is 58.4 Å². The predicted octanol–water partition coefficient (Wildman–Crippen LogP) is 2.97. The maximum absolute atomic E-state index is 10.5. The van der Waals surface area contributed by atoms with E-state index >= 15 is 0 Å². The third-order valence-electron chi connectivity index (χ3n) is 2.37. The van der Waals surface area contributed by atoms with E-state index in [2.05, 4.69) is 13.8 Å². The molecule has 0 saturated heterocycles. The van der Waals surface area contributed by atoms with Crippen molar-refractivity contribution in [2.24, 2.45) is 5.73 Å². The smallest absolute Gasteiger partial charge is 0.294 e. The molecule has 0 amide bonds. The lowest BCUT2D eigenvalue weighted by molar-refractivity contribution is -0.114. The van der Waals surface area contributed by atoms with Gasteiger partial charge in [0.05, 0.1) is 4.90 Å². The molecular weight excluding hydrogens is 290 g/mol. The van der Waals surface area contributed by atoms with E-state index in [1.54, 1.807) is 12.1 Å². The average molecular weight is 317 g/mol. The Morgan fingerprint density at radius 2 is 1.48 bits per heavy atom. The lowest BCUT2D eigenvalue weighted by atomic mass is 10.2. The number of carbonyl (C=O) groups excluding carboxylic acids is 1. The first kappa shape index (κ1) is 22.0. The quantitative estimate of drug-likeness (QED) is 0.835. The summed E-state index contributed by atoms with van der Waals surface area (Å²) >= 11 is 0. The van der Waals surface area contributed by atoms with E-state index in [0.29, 0.717) is 6.04 Å². The summed E-state index contributed by atoms with van der Waals surface area (Å²) in [6.07, 6.45) is 2.22. The van der Waals surface area contributed by atoms with Gasteiger partial charge in [-0.1, -0.05) is 31.5 Å². The van der Waals surface area contributed by atoms with Gasteiger partial charge in [0.2, 0.25) is 0 Å². The van der Waals surface area contributed by atoms with Crippen LogP contribution in [0.2, 0.25) is 0 Å². The van der Waals surface area contributed by atoms with Crippen LogP contribution in [-0.4, -0.2) is 24.8 Å². The van der Waals surface area contributed by atoms with Gasteiger partial charge in [-0.25, -0.2) is 0 Å². The average Bonchev–Trinajstić information content (AvgIpc) is 2.37. The van der Waals surface area contributed by atoms with Crippen LogP contribution >= 0.6 is 0 Å². The van der Waals surface area contributed by atoms with Gasteiger partial charge in [0.15, 0.2) is 0 Å². The molecule has 0 aromatic heterocycles. The van der Waals surface area contributed by atoms with Gasteiger partial charge >= 0.3 is 0 Å². The monoisotopic (exact) mass is 317 g/mol. The van der Waals surface area contributed by atoms with Crippen molar-refractivity contribution in [3.8, 4) is 0 Å². The summed E-state index contributed by atoms with van der Waals surface area (Å²) in [5.41, 5.74) is 6.43. The van der Waals surface area contributed by atoms with E-state index in [4.69, 9.17) is 10.3 Å². The molecule has 0 saturated carbocycles. The molecule has 0 spiro atoms. The minimum Gasteiger partial charge on any atom is -0.328 e. The zero-order chi connectivity index (χ0) is 17.1. The lowest BCUT2D eigenvalue weighted by Crippen LogP contribution is -2.16. The summed E-state index contributed by atoms with van der Waals surface area (Å²) in [5, 5.41) is 0. The maximum Gasteiger partial charge on any atom is 0.294 e. The summed E-state index contributed by atoms with van der Waals surface area (Å²) in [6.45, 7) is 9.11. The molecular formula is C15H27NO4S. The number of rotatable bonds is 3. The summed E-state index contributed by atoms with van der Waals surface area (Å²) < 4.78 is 29.6. The second-order valence-corrected chi connectivity index (χ2v) is 6.19. The first-order valence-electron chi connectivity index (χ1n) is 6.81. The zero-order valence-electron chi connectivity index (χ0n) is 13.5.